The lowest BCUT2D eigenvalue weighted by Gasteiger charge is -2.00. The quantitative estimate of drug-likeness (QED) is 0.315. The van der Waals surface area contributed by atoms with Crippen LogP contribution >= 0.6 is 0 Å². The summed E-state index contributed by atoms with van der Waals surface area (Å²) in [6.45, 7) is 2.35. The van der Waals surface area contributed by atoms with Crippen LogP contribution in [0.25, 0.3) is 6.08 Å². The van der Waals surface area contributed by atoms with Gasteiger partial charge in [0.2, 0.25) is 11.5 Å². The maximum atomic E-state index is 12.1. The first-order valence-corrected chi connectivity index (χ1v) is 7.77. The number of carbonyl (C=O) groups excluding carboxylic acids is 2. The van der Waals surface area contributed by atoms with Gasteiger partial charge < -0.3 is 13.9 Å². The van der Waals surface area contributed by atoms with E-state index in [1.54, 1.807) is 25.3 Å². The maximum absolute atomic E-state index is 12.1. The molecule has 0 aliphatic heterocycles. The van der Waals surface area contributed by atoms with Gasteiger partial charge in [-0.15, -0.1) is 0 Å². The van der Waals surface area contributed by atoms with Crippen molar-refractivity contribution in [1.82, 2.24) is 0 Å². The number of carbonyl (C=O) groups is 2. The number of rotatable bonds is 8. The van der Waals surface area contributed by atoms with Crippen LogP contribution in [-0.2, 0) is 4.74 Å². The van der Waals surface area contributed by atoms with E-state index in [1.807, 2.05) is 19.1 Å². The molecule has 2 aromatic rings. The Balaban J connectivity index is 1.97. The van der Waals surface area contributed by atoms with Crippen LogP contribution in [0.1, 0.15) is 46.4 Å². The average Bonchev–Trinajstić information content (AvgIpc) is 3.10. The van der Waals surface area contributed by atoms with Crippen LogP contribution < -0.4 is 4.74 Å². The number of ketones is 1. The first-order valence-electron chi connectivity index (χ1n) is 7.77. The second kappa shape index (κ2) is 8.72. The Morgan fingerprint density at radius 2 is 1.79 bits per heavy atom. The van der Waals surface area contributed by atoms with Crippen molar-refractivity contribution in [2.45, 2.75) is 19.8 Å². The Kier molecular flexibility index (Phi) is 6.37. The lowest BCUT2D eigenvalue weighted by atomic mass is 10.2. The molecule has 1 aromatic carbocycles. The summed E-state index contributed by atoms with van der Waals surface area (Å²) in [5.74, 6) is 0.00491. The van der Waals surface area contributed by atoms with Gasteiger partial charge in [-0.05, 0) is 42.3 Å². The summed E-state index contributed by atoms with van der Waals surface area (Å²) in [7, 11) is 1.59. The number of hydrogen-bond donors (Lipinski definition) is 0. The SMILES string of the molecule is CCCCOC(=O)c1ccc(C(=O)/C=C/c2ccc(OC)cc2)o1. The molecule has 0 aliphatic carbocycles. The van der Waals surface area contributed by atoms with Gasteiger partial charge in [-0.25, -0.2) is 4.79 Å². The van der Waals surface area contributed by atoms with Gasteiger partial charge in [0.05, 0.1) is 13.7 Å². The third-order valence-corrected chi connectivity index (χ3v) is 3.32. The van der Waals surface area contributed by atoms with E-state index >= 15 is 0 Å². The summed E-state index contributed by atoms with van der Waals surface area (Å²) >= 11 is 0. The fourth-order valence-corrected chi connectivity index (χ4v) is 1.93. The van der Waals surface area contributed by atoms with Crippen molar-refractivity contribution in [1.29, 1.82) is 0 Å². The predicted octanol–water partition coefficient (Wildman–Crippen LogP) is 4.14. The van der Waals surface area contributed by atoms with Crippen LogP contribution in [0.5, 0.6) is 5.75 Å². The van der Waals surface area contributed by atoms with Crippen LogP contribution in [0.3, 0.4) is 0 Å². The molecule has 1 heterocycles. The molecule has 0 amide bonds. The topological polar surface area (TPSA) is 65.7 Å². The van der Waals surface area contributed by atoms with E-state index in [2.05, 4.69) is 0 Å². The van der Waals surface area contributed by atoms with Gasteiger partial charge >= 0.3 is 5.97 Å². The predicted molar refractivity (Wildman–Crippen MR) is 90.3 cm³/mol. The van der Waals surface area contributed by atoms with Gasteiger partial charge in [0.25, 0.3) is 0 Å². The Bertz CT molecular complexity index is 710. The molecule has 0 N–H and O–H groups in total. The number of furan rings is 1. The van der Waals surface area contributed by atoms with Crippen molar-refractivity contribution in [3.05, 3.63) is 59.6 Å². The van der Waals surface area contributed by atoms with Gasteiger partial charge in [0, 0.05) is 0 Å². The summed E-state index contributed by atoms with van der Waals surface area (Å²) in [6.07, 6.45) is 4.80. The fourth-order valence-electron chi connectivity index (χ4n) is 1.93. The number of benzene rings is 1. The summed E-state index contributed by atoms with van der Waals surface area (Å²) in [5.41, 5.74) is 0.856. The van der Waals surface area contributed by atoms with Crippen molar-refractivity contribution in [3.8, 4) is 5.75 Å². The van der Waals surface area contributed by atoms with E-state index < -0.39 is 5.97 Å². The molecule has 5 nitrogen and oxygen atoms in total. The van der Waals surface area contributed by atoms with Crippen molar-refractivity contribution in [2.75, 3.05) is 13.7 Å². The Morgan fingerprint density at radius 1 is 1.08 bits per heavy atom. The van der Waals surface area contributed by atoms with Crippen molar-refractivity contribution in [2.24, 2.45) is 0 Å². The lowest BCUT2D eigenvalue weighted by molar-refractivity contribution is 0.0462. The number of unbranched alkanes of at least 4 members (excludes halogenated alkanes) is 1. The molecule has 126 valence electrons. The number of ether oxygens (including phenoxy) is 2. The van der Waals surface area contributed by atoms with Crippen LogP contribution in [0, 0.1) is 0 Å². The molecule has 0 aliphatic rings. The highest BCUT2D eigenvalue weighted by Crippen LogP contribution is 2.14. The first kappa shape index (κ1) is 17.5. The highest BCUT2D eigenvalue weighted by Gasteiger charge is 2.15. The van der Waals surface area contributed by atoms with Crippen molar-refractivity contribution in [3.63, 3.8) is 0 Å². The molecule has 0 radical (unpaired) electrons. The van der Waals surface area contributed by atoms with Crippen LogP contribution in [0.4, 0.5) is 0 Å². The minimum Gasteiger partial charge on any atom is -0.497 e. The minimum absolute atomic E-state index is 0.0345. The standard InChI is InChI=1S/C19H20O5/c1-3-4-13-23-19(21)18-12-11-17(24-18)16(20)10-7-14-5-8-15(22-2)9-6-14/h5-12H,3-4,13H2,1-2H3/b10-7+. The number of allylic oxidation sites excluding steroid dienone is 1. The zero-order valence-corrected chi connectivity index (χ0v) is 13.8. The molecule has 0 fully saturated rings. The molecule has 0 saturated heterocycles. The normalized spacial score (nSPS) is 10.8. The third kappa shape index (κ3) is 4.84. The molecular formula is C19H20O5. The fraction of sp³-hybridized carbons (Fsp3) is 0.263. The average molecular weight is 328 g/mol. The van der Waals surface area contributed by atoms with Crippen LogP contribution in [0.2, 0.25) is 0 Å². The molecule has 24 heavy (non-hydrogen) atoms. The van der Waals surface area contributed by atoms with E-state index in [1.165, 1.54) is 18.2 Å². The molecule has 0 spiro atoms. The van der Waals surface area contributed by atoms with Crippen molar-refractivity contribution >= 4 is 17.8 Å². The molecule has 0 atom stereocenters. The van der Waals surface area contributed by atoms with Gasteiger partial charge in [-0.2, -0.15) is 0 Å². The molecule has 0 bridgehead atoms. The highest BCUT2D eigenvalue weighted by molar-refractivity contribution is 6.05. The monoisotopic (exact) mass is 328 g/mol. The zero-order chi connectivity index (χ0) is 17.4. The van der Waals surface area contributed by atoms with E-state index in [0.29, 0.717) is 6.61 Å². The van der Waals surface area contributed by atoms with Crippen LogP contribution in [-0.4, -0.2) is 25.5 Å². The number of esters is 1. The highest BCUT2D eigenvalue weighted by atomic mass is 16.5. The Labute approximate surface area is 140 Å². The molecule has 0 unspecified atom stereocenters. The maximum Gasteiger partial charge on any atom is 0.374 e. The van der Waals surface area contributed by atoms with E-state index in [4.69, 9.17) is 13.9 Å². The Morgan fingerprint density at radius 3 is 2.46 bits per heavy atom. The first-order chi connectivity index (χ1) is 11.6. The van der Waals surface area contributed by atoms with Gasteiger partial charge in [-0.1, -0.05) is 31.6 Å². The second-order valence-electron chi connectivity index (χ2n) is 5.12. The summed E-state index contributed by atoms with van der Waals surface area (Å²) in [6, 6.07) is 10.2. The van der Waals surface area contributed by atoms with E-state index in [-0.39, 0.29) is 17.3 Å². The summed E-state index contributed by atoms with van der Waals surface area (Å²) in [4.78, 5) is 23.8. The zero-order valence-electron chi connectivity index (χ0n) is 13.8. The lowest BCUT2D eigenvalue weighted by Crippen LogP contribution is -2.05. The number of methoxy groups -OCH3 is 1. The second-order valence-corrected chi connectivity index (χ2v) is 5.12. The third-order valence-electron chi connectivity index (χ3n) is 3.32. The largest absolute Gasteiger partial charge is 0.497 e. The minimum atomic E-state index is -0.554. The van der Waals surface area contributed by atoms with Gasteiger partial charge in [-0.3, -0.25) is 4.79 Å². The van der Waals surface area contributed by atoms with Gasteiger partial charge in [0.1, 0.15) is 5.75 Å². The summed E-state index contributed by atoms with van der Waals surface area (Å²) < 4.78 is 15.4. The van der Waals surface area contributed by atoms with E-state index in [0.717, 1.165) is 24.2 Å². The molecular weight excluding hydrogens is 308 g/mol. The molecule has 1 aromatic heterocycles. The van der Waals surface area contributed by atoms with E-state index in [9.17, 15) is 9.59 Å². The molecule has 0 saturated carbocycles. The summed E-state index contributed by atoms with van der Waals surface area (Å²) in [5, 5.41) is 0. The Hall–Kier alpha value is -2.82. The smallest absolute Gasteiger partial charge is 0.374 e. The van der Waals surface area contributed by atoms with Gasteiger partial charge in [0.15, 0.2) is 5.76 Å². The van der Waals surface area contributed by atoms with Crippen molar-refractivity contribution < 1.29 is 23.5 Å². The molecule has 2 rings (SSSR count). The number of hydrogen-bond acceptors (Lipinski definition) is 5. The van der Waals surface area contributed by atoms with Crippen LogP contribution in [0.15, 0.2) is 46.9 Å². The molecule has 5 heteroatoms.